The number of carboxylic acids is 1. The van der Waals surface area contributed by atoms with Crippen LogP contribution in [0.2, 0.25) is 0 Å². The van der Waals surface area contributed by atoms with E-state index in [0.717, 1.165) is 38.5 Å². The quantitative estimate of drug-likeness (QED) is 0.271. The summed E-state index contributed by atoms with van der Waals surface area (Å²) in [7, 11) is 0. The number of aromatic amines is 1. The van der Waals surface area contributed by atoms with Crippen LogP contribution in [0.25, 0.3) is 0 Å². The number of rotatable bonds is 12. The zero-order valence-corrected chi connectivity index (χ0v) is 29.1. The molecule has 268 valence electrons. The molecule has 2 aliphatic rings. The summed E-state index contributed by atoms with van der Waals surface area (Å²) in [6.45, 7) is 8.07. The third kappa shape index (κ3) is 11.2. The van der Waals surface area contributed by atoms with Gasteiger partial charge < -0.3 is 24.7 Å². The van der Waals surface area contributed by atoms with Gasteiger partial charge in [0.25, 0.3) is 11.8 Å². The Morgan fingerprint density at radius 1 is 0.640 bits per heavy atom. The number of nitrogens with one attached hydrogen (secondary N) is 1. The first-order chi connectivity index (χ1) is 24.2. The third-order valence-corrected chi connectivity index (χ3v) is 8.88. The van der Waals surface area contributed by atoms with Crippen LogP contribution in [0.15, 0.2) is 48.5 Å². The highest BCUT2D eigenvalue weighted by atomic mass is 16.4. The zero-order valence-electron chi connectivity index (χ0n) is 29.1. The molecule has 14 nitrogen and oxygen atoms in total. The Morgan fingerprint density at radius 3 is 1.44 bits per heavy atom. The Hall–Kier alpha value is -5.14. The van der Waals surface area contributed by atoms with Crippen LogP contribution in [0.1, 0.15) is 83.6 Å². The highest BCUT2D eigenvalue weighted by molar-refractivity contribution is 5.96. The number of nitrogens with zero attached hydrogens (tertiary/aromatic N) is 7. The highest BCUT2D eigenvalue weighted by Crippen LogP contribution is 2.14. The number of carboxylic acid groups (broad SMARTS) is 1. The minimum Gasteiger partial charge on any atom is -0.481 e. The topological polar surface area (TPSA) is 173 Å². The van der Waals surface area contributed by atoms with Gasteiger partial charge in [-0.15, -0.1) is 10.2 Å². The summed E-state index contributed by atoms with van der Waals surface area (Å²) in [6.07, 6.45) is 6.31. The van der Waals surface area contributed by atoms with E-state index in [2.05, 4.69) is 34.5 Å². The van der Waals surface area contributed by atoms with Crippen molar-refractivity contribution in [2.75, 3.05) is 52.4 Å². The van der Waals surface area contributed by atoms with Crippen LogP contribution in [-0.2, 0) is 33.6 Å². The number of hydrogen-bond acceptors (Lipinski definition) is 8. The number of hydrogen-bond donors (Lipinski definition) is 2. The van der Waals surface area contributed by atoms with Crippen molar-refractivity contribution < 1.29 is 29.1 Å². The van der Waals surface area contributed by atoms with Crippen LogP contribution in [0.3, 0.4) is 0 Å². The minimum absolute atomic E-state index is 0.0253. The van der Waals surface area contributed by atoms with Crippen LogP contribution in [0, 0.1) is 0 Å². The second-order valence-electron chi connectivity index (χ2n) is 12.5. The van der Waals surface area contributed by atoms with Crippen LogP contribution in [0.4, 0.5) is 0 Å². The van der Waals surface area contributed by atoms with Crippen molar-refractivity contribution in [2.45, 2.75) is 65.2 Å². The van der Waals surface area contributed by atoms with Gasteiger partial charge >= 0.3 is 5.97 Å². The molecule has 5 rings (SSSR count). The Labute approximate surface area is 292 Å². The molecule has 0 atom stereocenters. The van der Waals surface area contributed by atoms with Gasteiger partial charge in [-0.3, -0.25) is 24.0 Å². The van der Waals surface area contributed by atoms with Crippen molar-refractivity contribution in [1.82, 2.24) is 40.2 Å². The van der Waals surface area contributed by atoms with Crippen molar-refractivity contribution in [3.8, 4) is 0 Å². The number of aryl methyl sites for hydroxylation is 2. The minimum atomic E-state index is -1.12. The molecule has 4 amide bonds. The maximum absolute atomic E-state index is 12.6. The molecule has 0 bridgehead atoms. The molecule has 2 N–H and O–H groups in total. The number of amides is 4. The first-order valence-corrected chi connectivity index (χ1v) is 17.4. The van der Waals surface area contributed by atoms with Crippen molar-refractivity contribution in [1.29, 1.82) is 0 Å². The highest BCUT2D eigenvalue weighted by Gasteiger charge is 2.27. The molecule has 0 saturated carbocycles. The average molecular weight is 689 g/mol. The van der Waals surface area contributed by atoms with E-state index < -0.39 is 18.3 Å². The van der Waals surface area contributed by atoms with Crippen molar-refractivity contribution in [2.24, 2.45) is 0 Å². The zero-order chi connectivity index (χ0) is 35.9. The Morgan fingerprint density at radius 2 is 1.06 bits per heavy atom. The number of H-pyrrole nitrogens is 1. The number of unbranched alkanes of at least 4 members (excludes halogenated alkanes) is 2. The van der Waals surface area contributed by atoms with E-state index in [4.69, 9.17) is 5.11 Å². The molecule has 0 unspecified atom stereocenters. The number of piperazine rings is 2. The lowest BCUT2D eigenvalue weighted by Gasteiger charge is -2.34. The van der Waals surface area contributed by atoms with Gasteiger partial charge in [0.15, 0.2) is 5.82 Å². The molecule has 50 heavy (non-hydrogen) atoms. The van der Waals surface area contributed by atoms with Gasteiger partial charge in [-0.05, 0) is 61.1 Å². The summed E-state index contributed by atoms with van der Waals surface area (Å²) in [5.41, 5.74) is 3.86. The number of carbonyl (C=O) groups is 5. The largest absolute Gasteiger partial charge is 0.481 e. The number of benzene rings is 2. The van der Waals surface area contributed by atoms with Gasteiger partial charge in [-0.2, -0.15) is 5.21 Å². The Bertz CT molecular complexity index is 1550. The Balaban J connectivity index is 0.000000226. The van der Waals surface area contributed by atoms with E-state index in [0.29, 0.717) is 69.3 Å². The fourth-order valence-corrected chi connectivity index (χ4v) is 5.82. The summed E-state index contributed by atoms with van der Waals surface area (Å²) in [5.74, 6) is -1.19. The van der Waals surface area contributed by atoms with Gasteiger partial charge in [0.2, 0.25) is 11.8 Å². The van der Waals surface area contributed by atoms with Gasteiger partial charge in [0, 0.05) is 63.5 Å². The summed E-state index contributed by atoms with van der Waals surface area (Å²) < 4.78 is 0. The Kier molecular flexibility index (Phi) is 14.4. The van der Waals surface area contributed by atoms with E-state index in [1.54, 1.807) is 14.7 Å². The molecule has 0 aliphatic carbocycles. The van der Waals surface area contributed by atoms with Gasteiger partial charge in [-0.25, -0.2) is 0 Å². The van der Waals surface area contributed by atoms with E-state index in [1.807, 2.05) is 48.5 Å². The summed E-state index contributed by atoms with van der Waals surface area (Å²) >= 11 is 0. The fourth-order valence-electron chi connectivity index (χ4n) is 5.82. The molecule has 0 spiro atoms. The lowest BCUT2D eigenvalue weighted by Crippen LogP contribution is -2.51. The molecule has 14 heteroatoms. The second kappa shape index (κ2) is 19.2. The van der Waals surface area contributed by atoms with Crippen LogP contribution < -0.4 is 0 Å². The average Bonchev–Trinajstić information content (AvgIpc) is 3.66. The van der Waals surface area contributed by atoms with Crippen molar-refractivity contribution in [3.63, 3.8) is 0 Å². The van der Waals surface area contributed by atoms with Gasteiger partial charge in [-0.1, -0.05) is 56.2 Å². The van der Waals surface area contributed by atoms with Crippen LogP contribution in [-0.4, -0.2) is 127 Å². The molecular formula is C36H48N8O6. The predicted octanol–water partition coefficient (Wildman–Crippen LogP) is 2.86. The summed E-state index contributed by atoms with van der Waals surface area (Å²) in [6, 6.07) is 15.6. The maximum atomic E-state index is 12.6. The molecule has 3 aromatic rings. The molecule has 3 heterocycles. The molecule has 2 aliphatic heterocycles. The lowest BCUT2D eigenvalue weighted by molar-refractivity contribution is -0.145. The molecular weight excluding hydrogens is 640 g/mol. The monoisotopic (exact) mass is 688 g/mol. The molecule has 1 aromatic heterocycles. The predicted molar refractivity (Wildman–Crippen MR) is 185 cm³/mol. The maximum Gasteiger partial charge on any atom is 0.312 e. The second-order valence-corrected chi connectivity index (χ2v) is 12.5. The van der Waals surface area contributed by atoms with E-state index in [-0.39, 0.29) is 24.1 Å². The van der Waals surface area contributed by atoms with Crippen LogP contribution in [0.5, 0.6) is 0 Å². The standard InChI is InChI=1S/C18H24N6O2.C18H24N2O4/c1-2-3-4-14-5-7-15(8-6-14)18(26)24-11-9-23(10-12-24)17(25)13-16-19-21-22-20-16;1-2-3-4-14-5-7-15(8-6-14)18(24)20-11-9-19(10-12-20)16(21)13-17(22)23/h5-8H,2-4,9-13H2,1H3,(H,19,20,21,22);5-8H,2-4,9-13H2,1H3,(H,22,23). The van der Waals surface area contributed by atoms with Crippen molar-refractivity contribution >= 4 is 29.6 Å². The molecule has 2 saturated heterocycles. The summed E-state index contributed by atoms with van der Waals surface area (Å²) in [5, 5.41) is 22.1. The fraction of sp³-hybridized carbons (Fsp3) is 0.500. The summed E-state index contributed by atoms with van der Waals surface area (Å²) in [4.78, 5) is 66.5. The van der Waals surface area contributed by atoms with Crippen molar-refractivity contribution in [3.05, 3.63) is 76.6 Å². The normalized spacial score (nSPS) is 14.5. The van der Waals surface area contributed by atoms with E-state index in [1.165, 1.54) is 16.0 Å². The lowest BCUT2D eigenvalue weighted by atomic mass is 10.1. The van der Waals surface area contributed by atoms with Gasteiger partial charge in [0.1, 0.15) is 6.42 Å². The number of carbonyl (C=O) groups excluding carboxylic acids is 4. The number of tetrazole rings is 1. The first kappa shape index (κ1) is 37.7. The number of aliphatic carboxylic acids is 1. The molecule has 2 aromatic carbocycles. The van der Waals surface area contributed by atoms with Gasteiger partial charge in [0.05, 0.1) is 6.42 Å². The van der Waals surface area contributed by atoms with E-state index >= 15 is 0 Å². The first-order valence-electron chi connectivity index (χ1n) is 17.4. The smallest absolute Gasteiger partial charge is 0.312 e. The molecule has 0 radical (unpaired) electrons. The number of aromatic nitrogens is 4. The SMILES string of the molecule is CCCCc1ccc(C(=O)N2CCN(C(=O)CC(=O)O)CC2)cc1.CCCCc1ccc(C(=O)N2CCN(C(=O)Cc3nn[nH]n3)CC2)cc1. The molecule has 2 fully saturated rings. The van der Waals surface area contributed by atoms with Crippen LogP contribution >= 0.6 is 0 Å². The third-order valence-electron chi connectivity index (χ3n) is 8.88. The van der Waals surface area contributed by atoms with E-state index in [9.17, 15) is 24.0 Å².